The summed E-state index contributed by atoms with van der Waals surface area (Å²) in [5, 5.41) is 14.4. The fraction of sp³-hybridized carbons (Fsp3) is 0.438. The summed E-state index contributed by atoms with van der Waals surface area (Å²) >= 11 is 3.35. The van der Waals surface area contributed by atoms with Crippen LogP contribution < -0.4 is 10.6 Å². The molecule has 0 radical (unpaired) electrons. The van der Waals surface area contributed by atoms with Crippen LogP contribution in [-0.2, 0) is 19.5 Å². The predicted molar refractivity (Wildman–Crippen MR) is 112 cm³/mol. The molecule has 1 aromatic carbocycles. The summed E-state index contributed by atoms with van der Waals surface area (Å²) in [5.41, 5.74) is 0.550. The van der Waals surface area contributed by atoms with Gasteiger partial charge in [-0.1, -0.05) is 22.9 Å². The summed E-state index contributed by atoms with van der Waals surface area (Å²) in [6.45, 7) is 6.47. The topological polar surface area (TPSA) is 67.1 Å². The molecule has 9 heteroatoms. The minimum atomic E-state index is -0.255. The number of aromatic nitrogens is 3. The molecular weight excluding hydrogens is 502 g/mol. The summed E-state index contributed by atoms with van der Waals surface area (Å²) < 4.78 is 16.6. The number of benzene rings is 1. The highest BCUT2D eigenvalue weighted by Gasteiger charge is 2.04. The first-order chi connectivity index (χ1) is 11.6. The Kier molecular flexibility index (Phi) is 9.94. The van der Waals surface area contributed by atoms with Crippen molar-refractivity contribution in [2.45, 2.75) is 33.4 Å². The second-order valence-corrected chi connectivity index (χ2v) is 6.07. The van der Waals surface area contributed by atoms with Gasteiger partial charge in [-0.25, -0.2) is 9.38 Å². The van der Waals surface area contributed by atoms with E-state index in [-0.39, 0.29) is 36.3 Å². The van der Waals surface area contributed by atoms with Gasteiger partial charge in [0.25, 0.3) is 0 Å². The minimum Gasteiger partial charge on any atom is -0.357 e. The molecule has 0 aliphatic heterocycles. The fourth-order valence-corrected chi connectivity index (χ4v) is 2.61. The molecule has 0 unspecified atom stereocenters. The highest BCUT2D eigenvalue weighted by molar-refractivity contribution is 14.0. The molecule has 6 nitrogen and oxygen atoms in total. The van der Waals surface area contributed by atoms with E-state index in [1.54, 1.807) is 18.5 Å². The molecule has 1 heterocycles. The quantitative estimate of drug-likeness (QED) is 0.332. The number of hydrogen-bond acceptors (Lipinski definition) is 3. The first-order valence-electron chi connectivity index (χ1n) is 7.96. The summed E-state index contributed by atoms with van der Waals surface area (Å²) in [6, 6.07) is 4.86. The Morgan fingerprint density at radius 3 is 2.84 bits per heavy atom. The van der Waals surface area contributed by atoms with Gasteiger partial charge in [0.2, 0.25) is 0 Å². The van der Waals surface area contributed by atoms with Gasteiger partial charge in [-0.2, -0.15) is 0 Å². The number of nitrogens with zero attached hydrogens (tertiary/aromatic N) is 4. The Balaban J connectivity index is 0.00000312. The normalized spacial score (nSPS) is 11.1. The van der Waals surface area contributed by atoms with Crippen LogP contribution in [0.3, 0.4) is 0 Å². The molecule has 1 aromatic heterocycles. The average Bonchev–Trinajstić information content (AvgIpc) is 3.03. The molecule has 0 saturated carbocycles. The lowest BCUT2D eigenvalue weighted by atomic mass is 10.2. The van der Waals surface area contributed by atoms with Crippen molar-refractivity contribution in [2.75, 3.05) is 13.1 Å². The van der Waals surface area contributed by atoms with Gasteiger partial charge in [0.05, 0.1) is 6.54 Å². The van der Waals surface area contributed by atoms with Crippen molar-refractivity contribution in [3.63, 3.8) is 0 Å². The van der Waals surface area contributed by atoms with Crippen LogP contribution in [0.25, 0.3) is 0 Å². The van der Waals surface area contributed by atoms with E-state index < -0.39 is 0 Å². The highest BCUT2D eigenvalue weighted by Crippen LogP contribution is 2.16. The SMILES string of the molecule is CCNC(=NCc1cc(Br)ccc1F)NCCn1cnnc1CC.I. The molecule has 2 aromatic rings. The number of aryl methyl sites for hydroxylation is 1. The second kappa shape index (κ2) is 11.4. The summed E-state index contributed by atoms with van der Waals surface area (Å²) in [4.78, 5) is 4.44. The minimum absolute atomic E-state index is 0. The van der Waals surface area contributed by atoms with Crippen LogP contribution in [0.5, 0.6) is 0 Å². The molecule has 0 saturated heterocycles. The van der Waals surface area contributed by atoms with Gasteiger partial charge in [0.15, 0.2) is 5.96 Å². The lowest BCUT2D eigenvalue weighted by Gasteiger charge is -2.12. The molecule has 0 aliphatic carbocycles. The molecular formula is C16H23BrFIN6. The number of aliphatic imine (C=N–C) groups is 1. The Morgan fingerprint density at radius 2 is 2.12 bits per heavy atom. The monoisotopic (exact) mass is 524 g/mol. The van der Waals surface area contributed by atoms with Gasteiger partial charge in [0, 0.05) is 36.1 Å². The average molecular weight is 525 g/mol. The molecule has 0 fully saturated rings. The third-order valence-corrected chi connectivity index (χ3v) is 3.91. The van der Waals surface area contributed by atoms with E-state index in [1.165, 1.54) is 6.07 Å². The van der Waals surface area contributed by atoms with Crippen molar-refractivity contribution in [1.29, 1.82) is 0 Å². The molecule has 0 bridgehead atoms. The van der Waals surface area contributed by atoms with Crippen molar-refractivity contribution in [2.24, 2.45) is 4.99 Å². The van der Waals surface area contributed by atoms with E-state index >= 15 is 0 Å². The van der Waals surface area contributed by atoms with Crippen LogP contribution >= 0.6 is 39.9 Å². The molecule has 0 aliphatic rings. The van der Waals surface area contributed by atoms with Gasteiger partial charge in [0.1, 0.15) is 18.0 Å². The van der Waals surface area contributed by atoms with E-state index in [0.717, 1.165) is 29.8 Å². The van der Waals surface area contributed by atoms with Crippen LogP contribution in [0, 0.1) is 5.82 Å². The van der Waals surface area contributed by atoms with Gasteiger partial charge in [-0.3, -0.25) is 0 Å². The fourth-order valence-electron chi connectivity index (χ4n) is 2.20. The number of rotatable bonds is 7. The van der Waals surface area contributed by atoms with Crippen molar-refractivity contribution in [3.05, 3.63) is 46.2 Å². The molecule has 0 spiro atoms. The van der Waals surface area contributed by atoms with Crippen molar-refractivity contribution < 1.29 is 4.39 Å². The zero-order chi connectivity index (χ0) is 17.4. The van der Waals surface area contributed by atoms with Crippen molar-refractivity contribution in [3.8, 4) is 0 Å². The van der Waals surface area contributed by atoms with E-state index in [1.807, 2.05) is 18.4 Å². The van der Waals surface area contributed by atoms with Crippen LogP contribution in [0.1, 0.15) is 25.2 Å². The number of nitrogens with one attached hydrogen (secondary N) is 2. The van der Waals surface area contributed by atoms with E-state index in [2.05, 4.69) is 41.8 Å². The van der Waals surface area contributed by atoms with Crippen molar-refractivity contribution >= 4 is 45.9 Å². The maximum absolute atomic E-state index is 13.8. The molecule has 2 N–H and O–H groups in total. The summed E-state index contributed by atoms with van der Waals surface area (Å²) in [6.07, 6.45) is 2.57. The van der Waals surface area contributed by atoms with E-state index in [4.69, 9.17) is 0 Å². The third kappa shape index (κ3) is 6.89. The first-order valence-corrected chi connectivity index (χ1v) is 8.76. The smallest absolute Gasteiger partial charge is 0.191 e. The van der Waals surface area contributed by atoms with Crippen LogP contribution in [0.2, 0.25) is 0 Å². The number of hydrogen-bond donors (Lipinski definition) is 2. The van der Waals surface area contributed by atoms with Gasteiger partial charge < -0.3 is 15.2 Å². The summed E-state index contributed by atoms with van der Waals surface area (Å²) in [5.74, 6) is 1.35. The zero-order valence-corrected chi connectivity index (χ0v) is 18.2. The zero-order valence-electron chi connectivity index (χ0n) is 14.3. The Hall–Kier alpha value is -1.23. The van der Waals surface area contributed by atoms with Gasteiger partial charge in [-0.05, 0) is 25.1 Å². The van der Waals surface area contributed by atoms with Crippen LogP contribution in [0.4, 0.5) is 4.39 Å². The highest BCUT2D eigenvalue weighted by atomic mass is 127. The van der Waals surface area contributed by atoms with Gasteiger partial charge in [-0.15, -0.1) is 34.2 Å². The lowest BCUT2D eigenvalue weighted by molar-refractivity contribution is 0.608. The molecule has 0 atom stereocenters. The van der Waals surface area contributed by atoms with Gasteiger partial charge >= 0.3 is 0 Å². The molecule has 0 amide bonds. The standard InChI is InChI=1S/C16H22BrFN6.HI/c1-3-15-23-22-11-24(15)8-7-20-16(19-4-2)21-10-12-9-13(17)5-6-14(12)18;/h5-6,9,11H,3-4,7-8,10H2,1-2H3,(H2,19,20,21);1H. The number of halogens is 3. The molecule has 2 rings (SSSR count). The van der Waals surface area contributed by atoms with Crippen molar-refractivity contribution in [1.82, 2.24) is 25.4 Å². The third-order valence-electron chi connectivity index (χ3n) is 3.42. The Labute approximate surface area is 172 Å². The Bertz CT molecular complexity index is 691. The van der Waals surface area contributed by atoms with E-state index in [0.29, 0.717) is 18.1 Å². The maximum atomic E-state index is 13.8. The second-order valence-electron chi connectivity index (χ2n) is 5.15. The predicted octanol–water partition coefficient (Wildman–Crippen LogP) is 3.12. The Morgan fingerprint density at radius 1 is 1.32 bits per heavy atom. The number of guanidine groups is 1. The largest absolute Gasteiger partial charge is 0.357 e. The van der Waals surface area contributed by atoms with Crippen LogP contribution in [-0.4, -0.2) is 33.8 Å². The molecule has 25 heavy (non-hydrogen) atoms. The lowest BCUT2D eigenvalue weighted by Crippen LogP contribution is -2.39. The first kappa shape index (κ1) is 21.8. The van der Waals surface area contributed by atoms with E-state index in [9.17, 15) is 4.39 Å². The summed E-state index contributed by atoms with van der Waals surface area (Å²) in [7, 11) is 0. The maximum Gasteiger partial charge on any atom is 0.191 e. The van der Waals surface area contributed by atoms with Crippen LogP contribution in [0.15, 0.2) is 34.0 Å². The molecule has 138 valence electrons.